The number of amides is 2. The van der Waals surface area contributed by atoms with Crippen LogP contribution >= 0.6 is 0 Å². The molecule has 2 aliphatic rings. The third-order valence-corrected chi connectivity index (χ3v) is 4.74. The van der Waals surface area contributed by atoms with E-state index in [4.69, 9.17) is 9.47 Å². The molecule has 1 N–H and O–H groups in total. The monoisotopic (exact) mass is 332 g/mol. The van der Waals surface area contributed by atoms with Gasteiger partial charge in [-0.2, -0.15) is 0 Å². The van der Waals surface area contributed by atoms with Crippen LogP contribution in [0.1, 0.15) is 30.4 Å². The van der Waals surface area contributed by atoms with Gasteiger partial charge in [-0.3, -0.25) is 9.59 Å². The maximum Gasteiger partial charge on any atom is 0.232 e. The summed E-state index contributed by atoms with van der Waals surface area (Å²) in [7, 11) is 0. The number of carbonyl (C=O) groups excluding carboxylic acids is 2. The number of ether oxygens (including phenoxy) is 2. The Morgan fingerprint density at radius 1 is 1.17 bits per heavy atom. The summed E-state index contributed by atoms with van der Waals surface area (Å²) in [4.78, 5) is 26.0. The molecule has 0 atom stereocenters. The lowest BCUT2D eigenvalue weighted by atomic mass is 10.0. The highest BCUT2D eigenvalue weighted by atomic mass is 16.7. The van der Waals surface area contributed by atoms with Crippen LogP contribution in [0.15, 0.2) is 24.3 Å². The Balaban J connectivity index is 1.43. The van der Waals surface area contributed by atoms with Crippen molar-refractivity contribution in [1.82, 2.24) is 10.2 Å². The number of piperidine rings is 1. The summed E-state index contributed by atoms with van der Waals surface area (Å²) in [6.07, 6.45) is 1.23. The van der Waals surface area contributed by atoms with Crippen molar-refractivity contribution in [2.75, 3.05) is 26.3 Å². The Bertz CT molecular complexity index is 601. The third kappa shape index (κ3) is 3.94. The standard InChI is InChI=1S/C18H24N2O4/c1-14-4-2-3-5-15(14)13-19-16(21)12-17(22)20-8-6-18(7-9-20)23-10-11-24-18/h2-5H,6-13H2,1H3,(H,19,21). The summed E-state index contributed by atoms with van der Waals surface area (Å²) in [6.45, 7) is 4.84. The zero-order valence-electron chi connectivity index (χ0n) is 14.0. The van der Waals surface area contributed by atoms with Crippen LogP contribution < -0.4 is 5.32 Å². The van der Waals surface area contributed by atoms with Gasteiger partial charge in [-0.05, 0) is 18.1 Å². The molecule has 1 spiro atoms. The number of carbonyl (C=O) groups is 2. The summed E-state index contributed by atoms with van der Waals surface area (Å²) in [6, 6.07) is 7.88. The van der Waals surface area contributed by atoms with Crippen molar-refractivity contribution in [1.29, 1.82) is 0 Å². The van der Waals surface area contributed by atoms with E-state index in [0.29, 0.717) is 45.7 Å². The summed E-state index contributed by atoms with van der Waals surface area (Å²) >= 11 is 0. The van der Waals surface area contributed by atoms with E-state index in [1.54, 1.807) is 4.90 Å². The Labute approximate surface area is 142 Å². The Morgan fingerprint density at radius 3 is 2.50 bits per heavy atom. The second-order valence-electron chi connectivity index (χ2n) is 6.37. The molecule has 1 aromatic carbocycles. The van der Waals surface area contributed by atoms with E-state index in [1.807, 2.05) is 31.2 Å². The van der Waals surface area contributed by atoms with Gasteiger partial charge in [-0.15, -0.1) is 0 Å². The number of likely N-dealkylation sites (tertiary alicyclic amines) is 1. The molecule has 2 heterocycles. The van der Waals surface area contributed by atoms with E-state index >= 15 is 0 Å². The average Bonchev–Trinajstić information content (AvgIpc) is 3.03. The van der Waals surface area contributed by atoms with Crippen LogP contribution in [0.25, 0.3) is 0 Å². The fourth-order valence-electron chi connectivity index (χ4n) is 3.20. The SMILES string of the molecule is Cc1ccccc1CNC(=O)CC(=O)N1CCC2(CC1)OCCO2. The summed E-state index contributed by atoms with van der Waals surface area (Å²) < 4.78 is 11.3. The number of hydrogen-bond donors (Lipinski definition) is 1. The molecule has 0 saturated carbocycles. The van der Waals surface area contributed by atoms with Crippen molar-refractivity contribution in [3.8, 4) is 0 Å². The van der Waals surface area contributed by atoms with E-state index in [0.717, 1.165) is 11.1 Å². The first kappa shape index (κ1) is 16.9. The number of nitrogens with one attached hydrogen (secondary N) is 1. The number of benzene rings is 1. The summed E-state index contributed by atoms with van der Waals surface area (Å²) in [5.41, 5.74) is 2.19. The van der Waals surface area contributed by atoms with Gasteiger partial charge >= 0.3 is 0 Å². The van der Waals surface area contributed by atoms with Crippen LogP contribution in [0.4, 0.5) is 0 Å². The van der Waals surface area contributed by atoms with Crippen LogP contribution in [0.2, 0.25) is 0 Å². The highest BCUT2D eigenvalue weighted by Crippen LogP contribution is 2.31. The molecule has 3 rings (SSSR count). The lowest BCUT2D eigenvalue weighted by Crippen LogP contribution is -2.48. The Morgan fingerprint density at radius 2 is 1.83 bits per heavy atom. The molecule has 0 aromatic heterocycles. The molecule has 0 bridgehead atoms. The topological polar surface area (TPSA) is 67.9 Å². The molecule has 0 aliphatic carbocycles. The molecule has 0 radical (unpaired) electrons. The normalized spacial score (nSPS) is 19.5. The van der Waals surface area contributed by atoms with Crippen LogP contribution in [0.3, 0.4) is 0 Å². The van der Waals surface area contributed by atoms with Crippen molar-refractivity contribution < 1.29 is 19.1 Å². The van der Waals surface area contributed by atoms with E-state index in [9.17, 15) is 9.59 Å². The van der Waals surface area contributed by atoms with E-state index in [-0.39, 0.29) is 18.2 Å². The van der Waals surface area contributed by atoms with E-state index < -0.39 is 5.79 Å². The third-order valence-electron chi connectivity index (χ3n) is 4.74. The second-order valence-corrected chi connectivity index (χ2v) is 6.37. The molecule has 6 nitrogen and oxygen atoms in total. The lowest BCUT2D eigenvalue weighted by molar-refractivity contribution is -0.187. The number of aryl methyl sites for hydroxylation is 1. The first-order chi connectivity index (χ1) is 11.6. The first-order valence-electron chi connectivity index (χ1n) is 8.45. The molecule has 2 fully saturated rings. The van der Waals surface area contributed by atoms with Crippen LogP contribution in [0, 0.1) is 6.92 Å². The number of nitrogens with zero attached hydrogens (tertiary/aromatic N) is 1. The molecule has 24 heavy (non-hydrogen) atoms. The van der Waals surface area contributed by atoms with Gasteiger partial charge in [0.05, 0.1) is 13.2 Å². The Hall–Kier alpha value is -1.92. The van der Waals surface area contributed by atoms with Crippen molar-refractivity contribution in [2.45, 2.75) is 38.5 Å². The zero-order chi connectivity index (χ0) is 17.0. The molecular weight excluding hydrogens is 308 g/mol. The van der Waals surface area contributed by atoms with E-state index in [2.05, 4.69) is 5.32 Å². The van der Waals surface area contributed by atoms with Crippen molar-refractivity contribution in [3.63, 3.8) is 0 Å². The molecule has 2 amide bonds. The Kier molecular flexibility index (Phi) is 5.16. The van der Waals surface area contributed by atoms with E-state index in [1.165, 1.54) is 0 Å². The maximum absolute atomic E-state index is 12.3. The molecule has 0 unspecified atom stereocenters. The first-order valence-corrected chi connectivity index (χ1v) is 8.45. The summed E-state index contributed by atoms with van der Waals surface area (Å²) in [5.74, 6) is -0.869. The number of rotatable bonds is 4. The number of hydrogen-bond acceptors (Lipinski definition) is 4. The molecule has 2 aliphatic heterocycles. The second kappa shape index (κ2) is 7.32. The van der Waals surface area contributed by atoms with Gasteiger partial charge in [0.1, 0.15) is 6.42 Å². The van der Waals surface area contributed by atoms with Gasteiger partial charge in [0, 0.05) is 32.5 Å². The van der Waals surface area contributed by atoms with Crippen LogP contribution in [0.5, 0.6) is 0 Å². The fourth-order valence-corrected chi connectivity index (χ4v) is 3.20. The van der Waals surface area contributed by atoms with Crippen LogP contribution in [-0.4, -0.2) is 48.8 Å². The predicted molar refractivity (Wildman–Crippen MR) is 88.1 cm³/mol. The smallest absolute Gasteiger partial charge is 0.232 e. The lowest BCUT2D eigenvalue weighted by Gasteiger charge is -2.37. The quantitative estimate of drug-likeness (QED) is 0.846. The molecular formula is C18H24N2O4. The average molecular weight is 332 g/mol. The highest BCUT2D eigenvalue weighted by molar-refractivity contribution is 5.96. The highest BCUT2D eigenvalue weighted by Gasteiger charge is 2.40. The van der Waals surface area contributed by atoms with Gasteiger partial charge in [0.2, 0.25) is 11.8 Å². The van der Waals surface area contributed by atoms with Crippen molar-refractivity contribution in [3.05, 3.63) is 35.4 Å². The van der Waals surface area contributed by atoms with Gasteiger partial charge in [0.15, 0.2) is 5.79 Å². The maximum atomic E-state index is 12.3. The van der Waals surface area contributed by atoms with Crippen molar-refractivity contribution in [2.24, 2.45) is 0 Å². The fraction of sp³-hybridized carbons (Fsp3) is 0.556. The molecule has 1 aromatic rings. The molecule has 2 saturated heterocycles. The van der Waals surface area contributed by atoms with Gasteiger partial charge in [0.25, 0.3) is 0 Å². The van der Waals surface area contributed by atoms with Crippen LogP contribution in [-0.2, 0) is 25.6 Å². The van der Waals surface area contributed by atoms with Gasteiger partial charge in [-0.25, -0.2) is 0 Å². The minimum Gasteiger partial charge on any atom is -0.352 e. The van der Waals surface area contributed by atoms with Gasteiger partial charge in [-0.1, -0.05) is 24.3 Å². The molecule has 130 valence electrons. The minimum atomic E-state index is -0.496. The molecule has 6 heteroatoms. The van der Waals surface area contributed by atoms with Crippen molar-refractivity contribution >= 4 is 11.8 Å². The zero-order valence-corrected chi connectivity index (χ0v) is 14.0. The largest absolute Gasteiger partial charge is 0.352 e. The van der Waals surface area contributed by atoms with Gasteiger partial charge < -0.3 is 19.7 Å². The predicted octanol–water partition coefficient (Wildman–Crippen LogP) is 1.37. The summed E-state index contributed by atoms with van der Waals surface area (Å²) in [5, 5.41) is 2.82. The minimum absolute atomic E-state index is 0.111.